The largest absolute Gasteiger partial charge is 0.497 e. The lowest BCUT2D eigenvalue weighted by Gasteiger charge is -2.24. The highest BCUT2D eigenvalue weighted by atomic mass is 35.5. The number of anilines is 2. The van der Waals surface area contributed by atoms with Gasteiger partial charge in [0.25, 0.3) is 11.8 Å². The first kappa shape index (κ1) is 38.0. The third kappa shape index (κ3) is 10.6. The topological polar surface area (TPSA) is 137 Å². The van der Waals surface area contributed by atoms with Crippen molar-refractivity contribution in [1.29, 1.82) is 0 Å². The van der Waals surface area contributed by atoms with Gasteiger partial charge in [-0.15, -0.1) is 0 Å². The third-order valence-corrected chi connectivity index (χ3v) is 7.68. The van der Waals surface area contributed by atoms with E-state index in [2.05, 4.69) is 15.3 Å². The van der Waals surface area contributed by atoms with Gasteiger partial charge in [-0.2, -0.15) is 0 Å². The maximum Gasteiger partial charge on any atom is 0.338 e. The quantitative estimate of drug-likeness (QED) is 0.106. The standard InChI is InChI=1S/C23H21ClN2O4.C15H13ClN2O3/c1-3-30-23(28)17-8-10-18(11-9-17)26(15-16-6-12-19(29-2)13-7-16)22(27)20-5-4-14-25-21(20)24;1-2-21-15(20)10-5-7-11(8-6-10)18-14(19)12-4-3-9-17-13(12)16/h4-14H,3,15H2,1-2H3;3-9H,2H2,1H3,(H,18,19). The van der Waals surface area contributed by atoms with Crippen LogP contribution in [-0.4, -0.2) is 54.0 Å². The minimum Gasteiger partial charge on any atom is -0.497 e. The number of hydrogen-bond donors (Lipinski definition) is 1. The van der Waals surface area contributed by atoms with E-state index in [9.17, 15) is 19.2 Å². The molecule has 13 heteroatoms. The maximum absolute atomic E-state index is 13.3. The predicted octanol–water partition coefficient (Wildman–Crippen LogP) is 7.93. The van der Waals surface area contributed by atoms with Crippen LogP contribution in [0.5, 0.6) is 5.75 Å². The summed E-state index contributed by atoms with van der Waals surface area (Å²) in [5, 5.41) is 2.95. The number of carbonyl (C=O) groups excluding carboxylic acids is 4. The summed E-state index contributed by atoms with van der Waals surface area (Å²) in [6.45, 7) is 4.40. The van der Waals surface area contributed by atoms with E-state index >= 15 is 0 Å². The molecule has 2 amide bonds. The number of rotatable bonds is 11. The number of esters is 2. The van der Waals surface area contributed by atoms with Crippen molar-refractivity contribution < 1.29 is 33.4 Å². The van der Waals surface area contributed by atoms with E-state index in [0.717, 1.165) is 11.3 Å². The summed E-state index contributed by atoms with van der Waals surface area (Å²) in [5.74, 6) is -0.742. The first-order chi connectivity index (χ1) is 24.6. The SMILES string of the molecule is CCOC(=O)c1ccc(N(Cc2ccc(OC)cc2)C(=O)c2cccnc2Cl)cc1.CCOC(=O)c1ccc(NC(=O)c2cccnc2Cl)cc1. The second-order valence-corrected chi connectivity index (χ2v) is 11.2. The van der Waals surface area contributed by atoms with Crippen LogP contribution in [0.4, 0.5) is 11.4 Å². The van der Waals surface area contributed by atoms with E-state index in [1.165, 1.54) is 12.4 Å². The van der Waals surface area contributed by atoms with E-state index in [-0.39, 0.29) is 27.7 Å². The fraction of sp³-hybridized carbons (Fsp3) is 0.158. The van der Waals surface area contributed by atoms with Crippen molar-refractivity contribution in [2.75, 3.05) is 30.5 Å². The van der Waals surface area contributed by atoms with Crippen molar-refractivity contribution in [3.63, 3.8) is 0 Å². The molecule has 0 aliphatic heterocycles. The van der Waals surface area contributed by atoms with Crippen molar-refractivity contribution in [3.8, 4) is 5.75 Å². The lowest BCUT2D eigenvalue weighted by atomic mass is 10.1. The molecule has 51 heavy (non-hydrogen) atoms. The van der Waals surface area contributed by atoms with Crippen LogP contribution in [0.3, 0.4) is 0 Å². The average Bonchev–Trinajstić information content (AvgIpc) is 3.15. The Morgan fingerprint density at radius 2 is 1.20 bits per heavy atom. The Hall–Kier alpha value is -5.78. The van der Waals surface area contributed by atoms with Gasteiger partial charge >= 0.3 is 11.9 Å². The summed E-state index contributed by atoms with van der Waals surface area (Å²) >= 11 is 12.0. The molecule has 0 aliphatic carbocycles. The number of pyridine rings is 2. The molecule has 5 aromatic rings. The van der Waals surface area contributed by atoms with E-state index in [1.54, 1.807) is 98.7 Å². The first-order valence-corrected chi connectivity index (χ1v) is 16.4. The molecule has 262 valence electrons. The number of hydrogen-bond acceptors (Lipinski definition) is 9. The molecule has 0 radical (unpaired) electrons. The molecule has 2 aromatic heterocycles. The summed E-state index contributed by atoms with van der Waals surface area (Å²) in [5.41, 5.74) is 3.48. The van der Waals surface area contributed by atoms with Gasteiger partial charge in [-0.3, -0.25) is 9.59 Å². The number of aromatic nitrogens is 2. The molecule has 11 nitrogen and oxygen atoms in total. The summed E-state index contributed by atoms with van der Waals surface area (Å²) in [7, 11) is 1.60. The first-order valence-electron chi connectivity index (χ1n) is 15.7. The lowest BCUT2D eigenvalue weighted by molar-refractivity contribution is 0.0517. The van der Waals surface area contributed by atoms with Crippen LogP contribution in [0.25, 0.3) is 0 Å². The fourth-order valence-electron chi connectivity index (χ4n) is 4.53. The van der Waals surface area contributed by atoms with Gasteiger partial charge in [0.1, 0.15) is 16.1 Å². The molecule has 0 spiro atoms. The zero-order chi connectivity index (χ0) is 36.8. The Kier molecular flexibility index (Phi) is 14.0. The van der Waals surface area contributed by atoms with Crippen LogP contribution in [0.2, 0.25) is 10.3 Å². The van der Waals surface area contributed by atoms with Gasteiger partial charge in [0, 0.05) is 23.8 Å². The van der Waals surface area contributed by atoms with E-state index < -0.39 is 11.9 Å². The van der Waals surface area contributed by atoms with E-state index in [0.29, 0.717) is 47.8 Å². The molecule has 0 aliphatic rings. The molecule has 0 bridgehead atoms. The van der Waals surface area contributed by atoms with Crippen LogP contribution in [-0.2, 0) is 16.0 Å². The Labute approximate surface area is 305 Å². The van der Waals surface area contributed by atoms with Crippen molar-refractivity contribution in [1.82, 2.24) is 9.97 Å². The van der Waals surface area contributed by atoms with Crippen LogP contribution in [0, 0.1) is 0 Å². The number of ether oxygens (including phenoxy) is 3. The van der Waals surface area contributed by atoms with Gasteiger partial charge < -0.3 is 24.4 Å². The number of benzene rings is 3. The highest BCUT2D eigenvalue weighted by Gasteiger charge is 2.22. The summed E-state index contributed by atoms with van der Waals surface area (Å²) in [6.07, 6.45) is 3.04. The number of halogens is 2. The highest BCUT2D eigenvalue weighted by molar-refractivity contribution is 6.33. The van der Waals surface area contributed by atoms with Gasteiger partial charge in [-0.25, -0.2) is 19.6 Å². The van der Waals surface area contributed by atoms with Crippen molar-refractivity contribution in [2.24, 2.45) is 0 Å². The normalized spacial score (nSPS) is 10.2. The van der Waals surface area contributed by atoms with E-state index in [4.69, 9.17) is 37.4 Å². The number of nitrogens with one attached hydrogen (secondary N) is 1. The highest BCUT2D eigenvalue weighted by Crippen LogP contribution is 2.25. The molecular weight excluding hydrogens is 695 g/mol. The Morgan fingerprint density at radius 3 is 1.69 bits per heavy atom. The predicted molar refractivity (Wildman–Crippen MR) is 195 cm³/mol. The molecule has 3 aromatic carbocycles. The summed E-state index contributed by atoms with van der Waals surface area (Å²) < 4.78 is 15.1. The molecule has 0 unspecified atom stereocenters. The van der Waals surface area contributed by atoms with Crippen molar-refractivity contribution >= 4 is 58.3 Å². The van der Waals surface area contributed by atoms with Gasteiger partial charge in [0.05, 0.1) is 49.1 Å². The summed E-state index contributed by atoms with van der Waals surface area (Å²) in [6, 6.07) is 27.0. The Morgan fingerprint density at radius 1 is 0.686 bits per heavy atom. The number of methoxy groups -OCH3 is 1. The van der Waals surface area contributed by atoms with Gasteiger partial charge in [0.2, 0.25) is 0 Å². The van der Waals surface area contributed by atoms with Gasteiger partial charge in [-0.1, -0.05) is 35.3 Å². The average molecular weight is 730 g/mol. The molecule has 0 atom stereocenters. The Balaban J connectivity index is 0.000000244. The van der Waals surface area contributed by atoms with E-state index in [1.807, 2.05) is 24.3 Å². The summed E-state index contributed by atoms with van der Waals surface area (Å²) in [4.78, 5) is 58.2. The second-order valence-electron chi connectivity index (χ2n) is 10.4. The van der Waals surface area contributed by atoms with Gasteiger partial charge in [-0.05, 0) is 104 Å². The number of amides is 2. The minimum atomic E-state index is -0.410. The Bertz CT molecular complexity index is 1960. The molecule has 5 rings (SSSR count). The minimum absolute atomic E-state index is 0.130. The van der Waals surface area contributed by atoms with Crippen LogP contribution < -0.4 is 15.0 Å². The zero-order valence-corrected chi connectivity index (χ0v) is 29.5. The maximum atomic E-state index is 13.3. The van der Waals surface area contributed by atoms with Crippen molar-refractivity contribution in [2.45, 2.75) is 20.4 Å². The molecule has 0 saturated heterocycles. The van der Waals surface area contributed by atoms with Crippen LogP contribution in [0.15, 0.2) is 109 Å². The van der Waals surface area contributed by atoms with Crippen molar-refractivity contribution in [3.05, 3.63) is 148 Å². The molecule has 1 N–H and O–H groups in total. The third-order valence-electron chi connectivity index (χ3n) is 7.08. The molecular formula is C38H34Cl2N4O7. The number of nitrogens with zero attached hydrogens (tertiary/aromatic N) is 3. The molecule has 2 heterocycles. The van der Waals surface area contributed by atoms with Crippen LogP contribution in [0.1, 0.15) is 60.8 Å². The molecule has 0 saturated carbocycles. The number of carbonyl (C=O) groups is 4. The van der Waals surface area contributed by atoms with Crippen LogP contribution >= 0.6 is 23.2 Å². The smallest absolute Gasteiger partial charge is 0.338 e. The zero-order valence-electron chi connectivity index (χ0n) is 28.0. The lowest BCUT2D eigenvalue weighted by Crippen LogP contribution is -2.30. The fourth-order valence-corrected chi connectivity index (χ4v) is 4.94. The second kappa shape index (κ2) is 18.8. The molecule has 0 fully saturated rings. The monoisotopic (exact) mass is 728 g/mol. The van der Waals surface area contributed by atoms with Gasteiger partial charge in [0.15, 0.2) is 0 Å².